The smallest absolute Gasteiger partial charge is 0.311 e. The number of aliphatic hydroxyl groups is 1. The van der Waals surface area contributed by atoms with Crippen LogP contribution in [-0.4, -0.2) is 39.3 Å². The second kappa shape index (κ2) is 14.3. The van der Waals surface area contributed by atoms with E-state index < -0.39 is 5.97 Å². The maximum Gasteiger partial charge on any atom is 0.311 e. The molecule has 0 saturated carbocycles. The summed E-state index contributed by atoms with van der Waals surface area (Å²) in [6.07, 6.45) is -0.0522. The maximum absolute atomic E-state index is 13.0. The van der Waals surface area contributed by atoms with E-state index in [2.05, 4.69) is 127 Å². The third-order valence-electron chi connectivity index (χ3n) is 7.31. The molecule has 8 heteroatoms. The lowest BCUT2D eigenvalue weighted by Gasteiger charge is -2.32. The first-order chi connectivity index (χ1) is 20.3. The number of esters is 1. The lowest BCUT2D eigenvalue weighted by atomic mass is 9.79. The second-order valence-corrected chi connectivity index (χ2v) is 20.0. The molecule has 0 bridgehead atoms. The fourth-order valence-corrected chi connectivity index (χ4v) is 7.53. The molecule has 3 N–H and O–H groups in total. The molecule has 0 fully saturated rings. The van der Waals surface area contributed by atoms with E-state index in [4.69, 9.17) is 9.84 Å². The van der Waals surface area contributed by atoms with Crippen molar-refractivity contribution in [1.82, 2.24) is 5.32 Å². The second-order valence-electron chi connectivity index (χ2n) is 16.4. The molecule has 2 aromatic rings. The minimum Gasteiger partial charge on any atom is -0.507 e. The molecule has 0 saturated heterocycles. The SMILES string of the molecule is CC(C)(Sc1cc(C(C)(C)C)c(O)c(C(C)(C)C)c1)Sc1cc(C(C)(C)C)c(OC(=O)CCC(=O)NCCO)c(C(C)(C)C)c1. The van der Waals surface area contributed by atoms with Crippen LogP contribution in [-0.2, 0) is 31.2 Å². The van der Waals surface area contributed by atoms with Crippen LogP contribution in [0.1, 0.15) is 132 Å². The number of rotatable bonds is 10. The molecular weight excluding hydrogens is 603 g/mol. The topological polar surface area (TPSA) is 95.9 Å². The van der Waals surface area contributed by atoms with E-state index in [1.165, 1.54) is 0 Å². The first-order valence-corrected chi connectivity index (χ1v) is 17.4. The summed E-state index contributed by atoms with van der Waals surface area (Å²) in [5.74, 6) is 0.189. The highest BCUT2D eigenvalue weighted by Gasteiger charge is 2.33. The van der Waals surface area contributed by atoms with Crippen LogP contribution >= 0.6 is 23.5 Å². The number of benzene rings is 2. The lowest BCUT2D eigenvalue weighted by Crippen LogP contribution is -2.27. The van der Waals surface area contributed by atoms with Crippen LogP contribution in [0.5, 0.6) is 11.5 Å². The fourth-order valence-electron chi connectivity index (χ4n) is 4.95. The van der Waals surface area contributed by atoms with Crippen molar-refractivity contribution in [3.8, 4) is 11.5 Å². The fraction of sp³-hybridized carbons (Fsp3) is 0.622. The van der Waals surface area contributed by atoms with Gasteiger partial charge in [0.05, 0.1) is 17.1 Å². The van der Waals surface area contributed by atoms with Crippen molar-refractivity contribution >= 4 is 35.4 Å². The summed E-state index contributed by atoms with van der Waals surface area (Å²) in [5, 5.41) is 22.8. The van der Waals surface area contributed by atoms with Gasteiger partial charge >= 0.3 is 5.97 Å². The van der Waals surface area contributed by atoms with Crippen LogP contribution in [0.15, 0.2) is 34.1 Å². The third kappa shape index (κ3) is 11.2. The Labute approximate surface area is 280 Å². The van der Waals surface area contributed by atoms with Crippen molar-refractivity contribution in [2.24, 2.45) is 0 Å². The monoisotopic (exact) mass is 659 g/mol. The molecule has 0 aliphatic heterocycles. The highest BCUT2D eigenvalue weighted by Crippen LogP contribution is 2.51. The van der Waals surface area contributed by atoms with Crippen molar-refractivity contribution in [2.45, 2.75) is 145 Å². The van der Waals surface area contributed by atoms with Gasteiger partial charge in [-0.05, 0) is 59.8 Å². The molecule has 0 aromatic heterocycles. The third-order valence-corrected chi connectivity index (χ3v) is 9.74. The molecule has 0 spiro atoms. The average molecular weight is 660 g/mol. The van der Waals surface area contributed by atoms with E-state index in [0.29, 0.717) is 11.5 Å². The molecule has 0 aliphatic carbocycles. The molecule has 2 aromatic carbocycles. The summed E-state index contributed by atoms with van der Waals surface area (Å²) < 4.78 is 5.79. The predicted molar refractivity (Wildman–Crippen MR) is 190 cm³/mol. The normalized spacial score (nSPS) is 13.1. The Morgan fingerprint density at radius 3 is 1.40 bits per heavy atom. The van der Waals surface area contributed by atoms with Gasteiger partial charge in [0, 0.05) is 45.0 Å². The number of carbonyl (C=O) groups is 2. The number of hydrogen-bond donors (Lipinski definition) is 3. The zero-order chi connectivity index (χ0) is 34.8. The van der Waals surface area contributed by atoms with Gasteiger partial charge in [0.1, 0.15) is 11.5 Å². The predicted octanol–water partition coefficient (Wildman–Crippen LogP) is 9.00. The van der Waals surface area contributed by atoms with Crippen LogP contribution in [0.4, 0.5) is 0 Å². The molecule has 0 unspecified atom stereocenters. The van der Waals surface area contributed by atoms with Crippen molar-refractivity contribution in [3.63, 3.8) is 0 Å². The highest BCUT2D eigenvalue weighted by molar-refractivity contribution is 8.18. The summed E-state index contributed by atoms with van der Waals surface area (Å²) >= 11 is 3.55. The van der Waals surface area contributed by atoms with E-state index in [-0.39, 0.29) is 57.6 Å². The maximum atomic E-state index is 13.0. The van der Waals surface area contributed by atoms with Crippen molar-refractivity contribution < 1.29 is 24.5 Å². The summed E-state index contributed by atoms with van der Waals surface area (Å²) in [7, 11) is 0. The molecule has 6 nitrogen and oxygen atoms in total. The van der Waals surface area contributed by atoms with Crippen LogP contribution < -0.4 is 10.1 Å². The van der Waals surface area contributed by atoms with E-state index >= 15 is 0 Å². The Balaban J connectivity index is 2.54. The number of phenols is 1. The zero-order valence-electron chi connectivity index (χ0n) is 30.1. The van der Waals surface area contributed by atoms with E-state index in [9.17, 15) is 14.7 Å². The summed E-state index contributed by atoms with van der Waals surface area (Å²) in [6.45, 7) is 29.9. The quantitative estimate of drug-likeness (QED) is 0.101. The number of amides is 1. The Bertz CT molecular complexity index is 1300. The average Bonchev–Trinajstić information content (AvgIpc) is 2.84. The van der Waals surface area contributed by atoms with Crippen LogP contribution in [0.2, 0.25) is 0 Å². The van der Waals surface area contributed by atoms with Crippen LogP contribution in [0.25, 0.3) is 0 Å². The standard InChI is InChI=1S/C37H57NO5S2/c1-33(2,3)25-19-23(20-26(31(25)42)34(4,5)6)44-37(13,14)45-24-21-27(35(7,8)9)32(28(22-24)36(10,11)12)43-30(41)16-15-29(40)38-17-18-39/h19-22,39,42H,15-18H2,1-14H3,(H,38,40). The highest BCUT2D eigenvalue weighted by atomic mass is 32.2. The first kappa shape index (κ1) is 39.0. The molecule has 0 radical (unpaired) electrons. The minimum absolute atomic E-state index is 0.000992. The molecular formula is C37H57NO5S2. The number of carbonyl (C=O) groups excluding carboxylic acids is 2. The van der Waals surface area contributed by atoms with Gasteiger partial charge in [-0.3, -0.25) is 9.59 Å². The lowest BCUT2D eigenvalue weighted by molar-refractivity contribution is -0.136. The molecule has 1 amide bonds. The van der Waals surface area contributed by atoms with Crippen LogP contribution in [0, 0.1) is 0 Å². The molecule has 45 heavy (non-hydrogen) atoms. The van der Waals surface area contributed by atoms with Gasteiger partial charge in [-0.25, -0.2) is 0 Å². The number of aliphatic hydroxyl groups excluding tert-OH is 1. The number of nitrogens with one attached hydrogen (secondary N) is 1. The number of ether oxygens (including phenoxy) is 1. The molecule has 0 heterocycles. The number of phenolic OH excluding ortho intramolecular Hbond substituents is 1. The summed E-state index contributed by atoms with van der Waals surface area (Å²) in [6, 6.07) is 8.53. The largest absolute Gasteiger partial charge is 0.507 e. The van der Waals surface area contributed by atoms with Gasteiger partial charge in [0.2, 0.25) is 5.91 Å². The Hall–Kier alpha value is -2.16. The number of aromatic hydroxyl groups is 1. The van der Waals surface area contributed by atoms with Gasteiger partial charge < -0.3 is 20.3 Å². The first-order valence-electron chi connectivity index (χ1n) is 15.8. The Kier molecular flexibility index (Phi) is 12.4. The molecule has 0 aliphatic rings. The Morgan fingerprint density at radius 2 is 1.04 bits per heavy atom. The Morgan fingerprint density at radius 1 is 0.667 bits per heavy atom. The van der Waals surface area contributed by atoms with Gasteiger partial charge in [-0.2, -0.15) is 0 Å². The molecule has 2 rings (SSSR count). The molecule has 0 atom stereocenters. The summed E-state index contributed by atoms with van der Waals surface area (Å²) in [4.78, 5) is 27.2. The van der Waals surface area contributed by atoms with Crippen molar-refractivity contribution in [3.05, 3.63) is 46.5 Å². The number of hydrogen-bond acceptors (Lipinski definition) is 7. The van der Waals surface area contributed by atoms with Gasteiger partial charge in [0.25, 0.3) is 0 Å². The summed E-state index contributed by atoms with van der Waals surface area (Å²) in [5.41, 5.74) is 2.71. The zero-order valence-corrected chi connectivity index (χ0v) is 31.7. The van der Waals surface area contributed by atoms with E-state index in [1.54, 1.807) is 23.5 Å². The minimum atomic E-state index is -0.460. The van der Waals surface area contributed by atoms with Crippen molar-refractivity contribution in [2.75, 3.05) is 13.2 Å². The van der Waals surface area contributed by atoms with Crippen molar-refractivity contribution in [1.29, 1.82) is 0 Å². The van der Waals surface area contributed by atoms with E-state index in [0.717, 1.165) is 32.0 Å². The van der Waals surface area contributed by atoms with Gasteiger partial charge in [-0.1, -0.05) is 83.1 Å². The van der Waals surface area contributed by atoms with E-state index in [1.807, 2.05) is 0 Å². The van der Waals surface area contributed by atoms with Gasteiger partial charge in [0.15, 0.2) is 0 Å². The molecule has 252 valence electrons. The number of thioether (sulfide) groups is 2. The van der Waals surface area contributed by atoms with Crippen LogP contribution in [0.3, 0.4) is 0 Å². The van der Waals surface area contributed by atoms with Gasteiger partial charge in [-0.15, -0.1) is 23.5 Å².